The summed E-state index contributed by atoms with van der Waals surface area (Å²) in [6, 6.07) is 40.8. The molecule has 2 nitrogen and oxygen atoms in total. The first-order chi connectivity index (χ1) is 19.3. The quantitative estimate of drug-likeness (QED) is 0.179. The zero-order valence-corrected chi connectivity index (χ0v) is 21.4. The van der Waals surface area contributed by atoms with Gasteiger partial charge in [-0.25, -0.2) is 0 Å². The Labute approximate surface area is 225 Å². The number of hydrogen-bond acceptors (Lipinski definition) is 1. The van der Waals surface area contributed by atoms with E-state index in [-0.39, 0.29) is 5.56 Å². The number of nitrogens with zero attached hydrogens (tertiary/aromatic N) is 1. The van der Waals surface area contributed by atoms with Gasteiger partial charge in [-0.3, -0.25) is 9.36 Å². The molecule has 1 heterocycles. The summed E-state index contributed by atoms with van der Waals surface area (Å²) in [4.78, 5) is 13.9. The molecule has 0 radical (unpaired) electrons. The van der Waals surface area contributed by atoms with E-state index in [4.69, 9.17) is 0 Å². The van der Waals surface area contributed by atoms with Crippen LogP contribution in [0.1, 0.15) is 12.8 Å². The van der Waals surface area contributed by atoms with Gasteiger partial charge in [0.15, 0.2) is 0 Å². The molecule has 0 atom stereocenters. The predicted octanol–water partition coefficient (Wildman–Crippen LogP) is 7.47. The number of fused-ring (bicyclic) bond motifs is 7. The van der Waals surface area contributed by atoms with E-state index in [0.717, 1.165) is 45.4 Å². The Morgan fingerprint density at radius 3 is 2.15 bits per heavy atom. The summed E-state index contributed by atoms with van der Waals surface area (Å²) in [6.45, 7) is 0. The molecule has 1 aromatic heterocycles. The van der Waals surface area contributed by atoms with Gasteiger partial charge in [-0.2, -0.15) is 0 Å². The number of benzene rings is 6. The van der Waals surface area contributed by atoms with Crippen LogP contribution < -0.4 is 16.0 Å². The maximum atomic E-state index is 13.9. The summed E-state index contributed by atoms with van der Waals surface area (Å²) in [5.74, 6) is 0. The van der Waals surface area contributed by atoms with Gasteiger partial charge >= 0.3 is 0 Å². The Morgan fingerprint density at radius 2 is 1.26 bits per heavy atom. The van der Waals surface area contributed by atoms with E-state index in [1.54, 1.807) is 0 Å². The van der Waals surface area contributed by atoms with Crippen molar-refractivity contribution in [3.8, 4) is 16.8 Å². The van der Waals surface area contributed by atoms with Crippen LogP contribution in [-0.2, 0) is 0 Å². The van der Waals surface area contributed by atoms with Gasteiger partial charge in [0.05, 0.1) is 5.52 Å². The first-order valence-electron chi connectivity index (χ1n) is 13.6. The lowest BCUT2D eigenvalue weighted by Crippen LogP contribution is -2.45. The molecule has 1 aliphatic rings. The molecule has 2 heteroatoms. The number of hydrogen-bond donors (Lipinski definition) is 0. The van der Waals surface area contributed by atoms with Crippen molar-refractivity contribution < 1.29 is 0 Å². The second kappa shape index (κ2) is 8.54. The molecular formula is C37H25NO. The van der Waals surface area contributed by atoms with Crippen LogP contribution in [0.3, 0.4) is 0 Å². The van der Waals surface area contributed by atoms with Gasteiger partial charge < -0.3 is 0 Å². The van der Waals surface area contributed by atoms with E-state index < -0.39 is 0 Å². The van der Waals surface area contributed by atoms with Gasteiger partial charge in [0.2, 0.25) is 0 Å². The van der Waals surface area contributed by atoms with Crippen molar-refractivity contribution in [1.29, 1.82) is 0 Å². The van der Waals surface area contributed by atoms with Crippen LogP contribution in [0.25, 0.3) is 72.2 Å². The highest BCUT2D eigenvalue weighted by Crippen LogP contribution is 2.35. The minimum atomic E-state index is 0.0487. The zero-order chi connectivity index (χ0) is 25.9. The lowest BCUT2D eigenvalue weighted by Gasteiger charge is -2.15. The smallest absolute Gasteiger partial charge is 0.263 e. The Bertz CT molecular complexity index is 2310. The largest absolute Gasteiger partial charge is 0.276 e. The van der Waals surface area contributed by atoms with Crippen molar-refractivity contribution in [2.24, 2.45) is 0 Å². The van der Waals surface area contributed by atoms with Crippen molar-refractivity contribution in [1.82, 2.24) is 4.57 Å². The summed E-state index contributed by atoms with van der Waals surface area (Å²) in [5.41, 5.74) is 4.15. The van der Waals surface area contributed by atoms with E-state index in [1.165, 1.54) is 37.9 Å². The Hall–Kier alpha value is -4.95. The summed E-state index contributed by atoms with van der Waals surface area (Å²) >= 11 is 0. The lowest BCUT2D eigenvalue weighted by atomic mass is 9.93. The van der Waals surface area contributed by atoms with E-state index >= 15 is 0 Å². The van der Waals surface area contributed by atoms with E-state index in [9.17, 15) is 4.79 Å². The van der Waals surface area contributed by atoms with Crippen LogP contribution in [-0.4, -0.2) is 4.57 Å². The fourth-order valence-electron chi connectivity index (χ4n) is 6.36. The number of pyridine rings is 1. The highest BCUT2D eigenvalue weighted by atomic mass is 16.1. The molecule has 0 bridgehead atoms. The molecule has 8 rings (SSSR count). The van der Waals surface area contributed by atoms with E-state index in [1.807, 2.05) is 16.7 Å². The highest BCUT2D eigenvalue weighted by molar-refractivity contribution is 6.15. The fraction of sp³-hybridized carbons (Fsp3) is 0.0541. The third-order valence-electron chi connectivity index (χ3n) is 8.18. The third-order valence-corrected chi connectivity index (χ3v) is 8.18. The SMILES string of the molecule is O=c1c2c(c3ccccc3n1-c1cccc(-c3cccc4c3ccc3cc5ccccc5cc34)c1)=CCCC=2. The molecule has 0 saturated carbocycles. The fourth-order valence-corrected chi connectivity index (χ4v) is 6.36. The van der Waals surface area contributed by atoms with Crippen LogP contribution in [0.4, 0.5) is 0 Å². The Morgan fingerprint density at radius 1 is 0.513 bits per heavy atom. The first kappa shape index (κ1) is 22.1. The molecular weight excluding hydrogens is 474 g/mol. The average molecular weight is 500 g/mol. The van der Waals surface area contributed by atoms with Crippen molar-refractivity contribution >= 4 is 55.4 Å². The van der Waals surface area contributed by atoms with Gasteiger partial charge in [0, 0.05) is 16.3 Å². The van der Waals surface area contributed by atoms with Crippen molar-refractivity contribution in [3.05, 3.63) is 136 Å². The van der Waals surface area contributed by atoms with Gasteiger partial charge in [0.1, 0.15) is 0 Å². The molecule has 0 aliphatic heterocycles. The van der Waals surface area contributed by atoms with Crippen molar-refractivity contribution in [3.63, 3.8) is 0 Å². The zero-order valence-electron chi connectivity index (χ0n) is 21.4. The van der Waals surface area contributed by atoms with Crippen molar-refractivity contribution in [2.75, 3.05) is 0 Å². The minimum absolute atomic E-state index is 0.0487. The van der Waals surface area contributed by atoms with E-state index in [0.29, 0.717) is 0 Å². The summed E-state index contributed by atoms with van der Waals surface area (Å²) in [6.07, 6.45) is 6.19. The van der Waals surface area contributed by atoms with Crippen LogP contribution in [0, 0.1) is 0 Å². The highest BCUT2D eigenvalue weighted by Gasteiger charge is 2.13. The van der Waals surface area contributed by atoms with E-state index in [2.05, 4.69) is 115 Å². The third kappa shape index (κ3) is 3.38. The topological polar surface area (TPSA) is 22.0 Å². The average Bonchev–Trinajstić information content (AvgIpc) is 3.00. The number of aromatic nitrogens is 1. The minimum Gasteiger partial charge on any atom is -0.276 e. The molecule has 0 fully saturated rings. The Kier molecular flexibility index (Phi) is 4.83. The van der Waals surface area contributed by atoms with Gasteiger partial charge in [-0.05, 0) is 91.8 Å². The molecule has 6 aromatic carbocycles. The van der Waals surface area contributed by atoms with Crippen LogP contribution in [0.15, 0.2) is 120 Å². The summed E-state index contributed by atoms with van der Waals surface area (Å²) in [5, 5.41) is 10.5. The molecule has 1 aliphatic carbocycles. The molecule has 7 aromatic rings. The van der Waals surface area contributed by atoms with Gasteiger partial charge in [0.25, 0.3) is 5.56 Å². The van der Waals surface area contributed by atoms with Crippen LogP contribution in [0.2, 0.25) is 0 Å². The van der Waals surface area contributed by atoms with Crippen LogP contribution in [0.5, 0.6) is 0 Å². The Balaban J connectivity index is 1.38. The van der Waals surface area contributed by atoms with Gasteiger partial charge in [-0.15, -0.1) is 0 Å². The monoisotopic (exact) mass is 499 g/mol. The maximum Gasteiger partial charge on any atom is 0.263 e. The molecule has 0 spiro atoms. The predicted molar refractivity (Wildman–Crippen MR) is 165 cm³/mol. The van der Waals surface area contributed by atoms with Crippen LogP contribution >= 0.6 is 0 Å². The molecule has 0 saturated heterocycles. The second-order valence-electron chi connectivity index (χ2n) is 10.4. The summed E-state index contributed by atoms with van der Waals surface area (Å²) < 4.78 is 1.89. The van der Waals surface area contributed by atoms with Crippen molar-refractivity contribution in [2.45, 2.75) is 12.8 Å². The molecule has 0 N–H and O–H groups in total. The summed E-state index contributed by atoms with van der Waals surface area (Å²) in [7, 11) is 0. The standard InChI is InChI=1S/C37H25NO/c39-37-34-15-4-3-13-31(34)33-14-5-6-18-36(33)38(37)28-12-7-11-26(22-28)29-16-8-17-30-32(29)20-19-27-21-24-9-1-2-10-25(24)23-35(27)30/h1-2,5-23H,3-4H2. The molecule has 0 unspecified atom stereocenters. The number of para-hydroxylation sites is 1. The molecule has 39 heavy (non-hydrogen) atoms. The second-order valence-corrected chi connectivity index (χ2v) is 10.4. The normalized spacial score (nSPS) is 12.9. The maximum absolute atomic E-state index is 13.9. The first-order valence-corrected chi connectivity index (χ1v) is 13.6. The number of rotatable bonds is 2. The van der Waals surface area contributed by atoms with Gasteiger partial charge in [-0.1, -0.05) is 97.1 Å². The molecule has 0 amide bonds. The lowest BCUT2D eigenvalue weighted by molar-refractivity contribution is 1.00. The molecule has 184 valence electrons.